The second-order valence-electron chi connectivity index (χ2n) is 11.2. The molecular weight excluding hydrogens is 510 g/mol. The molecule has 4 atom stereocenters. The summed E-state index contributed by atoms with van der Waals surface area (Å²) in [4.78, 5) is 28.2. The van der Waals surface area contributed by atoms with E-state index in [1.54, 1.807) is 6.07 Å². The van der Waals surface area contributed by atoms with Crippen LogP contribution in [0, 0.1) is 0 Å². The van der Waals surface area contributed by atoms with E-state index >= 15 is 0 Å². The second kappa shape index (κ2) is 13.7. The molecule has 3 heterocycles. The van der Waals surface area contributed by atoms with Gasteiger partial charge in [0.15, 0.2) is 6.29 Å². The molecule has 0 radical (unpaired) electrons. The Morgan fingerprint density at radius 2 is 1.73 bits per heavy atom. The van der Waals surface area contributed by atoms with Crippen LogP contribution in [0.4, 0.5) is 5.69 Å². The van der Waals surface area contributed by atoms with E-state index in [0.29, 0.717) is 11.7 Å². The highest BCUT2D eigenvalue weighted by Crippen LogP contribution is 2.39. The largest absolute Gasteiger partial charge is 0.481 e. The molecule has 216 valence electrons. The normalized spacial score (nSPS) is 25.7. The summed E-state index contributed by atoms with van der Waals surface area (Å²) in [6.45, 7) is 5.46. The van der Waals surface area contributed by atoms with Crippen LogP contribution in [0.3, 0.4) is 0 Å². The van der Waals surface area contributed by atoms with Crippen LogP contribution in [0.5, 0.6) is 0 Å². The van der Waals surface area contributed by atoms with Crippen molar-refractivity contribution in [2.45, 2.75) is 76.1 Å². The van der Waals surface area contributed by atoms with Crippen LogP contribution in [0.1, 0.15) is 74.0 Å². The molecule has 2 aromatic rings. The number of aliphatic hydroxyl groups is 1. The van der Waals surface area contributed by atoms with Gasteiger partial charge in [-0.25, -0.2) is 0 Å². The molecule has 3 saturated heterocycles. The van der Waals surface area contributed by atoms with E-state index in [0.717, 1.165) is 42.7 Å². The number of carboxylic acid groups (broad SMARTS) is 1. The number of benzene rings is 2. The maximum atomic E-state index is 12.2. The molecule has 0 aliphatic carbocycles. The van der Waals surface area contributed by atoms with Gasteiger partial charge in [-0.15, -0.1) is 0 Å². The lowest BCUT2D eigenvalue weighted by Gasteiger charge is -2.39. The quantitative estimate of drug-likeness (QED) is 0.383. The minimum Gasteiger partial charge on any atom is -0.481 e. The Morgan fingerprint density at radius 1 is 0.925 bits per heavy atom. The van der Waals surface area contributed by atoms with Crippen LogP contribution < -0.4 is 5.32 Å². The summed E-state index contributed by atoms with van der Waals surface area (Å²) in [5, 5.41) is 21.2. The molecule has 0 bridgehead atoms. The standard InChI is InChI=1S/C31H41N3O6/c35-21-22-8-10-23(11-9-22)28-18-27(20-34-16-4-7-26(34)19-33-14-1-2-15-33)39-31(40-28)24-5-3-6-25(17-24)32-29(36)12-13-30(37)38/h3,5-6,8-11,17,26-28,31,35H,1-2,4,7,12-16,18-21H2,(H,32,36)(H,37,38)/t26-,27+,28-,31-/m0/s1. The molecule has 5 rings (SSSR count). The van der Waals surface area contributed by atoms with Crippen molar-refractivity contribution >= 4 is 17.6 Å². The van der Waals surface area contributed by atoms with Crippen LogP contribution in [0.2, 0.25) is 0 Å². The number of ether oxygens (including phenoxy) is 2. The number of nitrogens with one attached hydrogen (secondary N) is 1. The summed E-state index contributed by atoms with van der Waals surface area (Å²) < 4.78 is 13.1. The van der Waals surface area contributed by atoms with E-state index in [4.69, 9.17) is 14.6 Å². The van der Waals surface area contributed by atoms with E-state index in [9.17, 15) is 14.7 Å². The summed E-state index contributed by atoms with van der Waals surface area (Å²) in [5.41, 5.74) is 3.28. The summed E-state index contributed by atoms with van der Waals surface area (Å²) >= 11 is 0. The van der Waals surface area contributed by atoms with Crippen molar-refractivity contribution in [2.24, 2.45) is 0 Å². The SMILES string of the molecule is O=C(O)CCC(=O)Nc1cccc([C@H]2O[C@@H](CN3CCC[C@H]3CN3CCCC3)C[C@@H](c3ccc(CO)cc3)O2)c1. The number of rotatable bonds is 11. The van der Waals surface area contributed by atoms with Crippen LogP contribution in [0.15, 0.2) is 48.5 Å². The van der Waals surface area contributed by atoms with Gasteiger partial charge in [-0.05, 0) is 68.6 Å². The fraction of sp³-hybridized carbons (Fsp3) is 0.548. The first-order chi connectivity index (χ1) is 19.5. The van der Waals surface area contributed by atoms with Gasteiger partial charge >= 0.3 is 5.97 Å². The zero-order valence-corrected chi connectivity index (χ0v) is 23.0. The first kappa shape index (κ1) is 28.7. The van der Waals surface area contributed by atoms with E-state index in [1.165, 1.54) is 38.8 Å². The number of carbonyl (C=O) groups is 2. The zero-order chi connectivity index (χ0) is 27.9. The molecular formula is C31H41N3O6. The second-order valence-corrected chi connectivity index (χ2v) is 11.2. The van der Waals surface area contributed by atoms with Gasteiger partial charge in [0, 0.05) is 43.2 Å². The number of carbonyl (C=O) groups excluding carboxylic acids is 1. The predicted molar refractivity (Wildman–Crippen MR) is 151 cm³/mol. The first-order valence-electron chi connectivity index (χ1n) is 14.6. The van der Waals surface area contributed by atoms with E-state index in [1.807, 2.05) is 42.5 Å². The number of carboxylic acids is 1. The molecule has 9 nitrogen and oxygen atoms in total. The topological polar surface area (TPSA) is 112 Å². The van der Waals surface area contributed by atoms with Gasteiger partial charge in [0.25, 0.3) is 0 Å². The lowest BCUT2D eigenvalue weighted by Crippen LogP contribution is -2.45. The molecule has 1 amide bonds. The highest BCUT2D eigenvalue weighted by atomic mass is 16.7. The number of aliphatic hydroxyl groups excluding tert-OH is 1. The third-order valence-electron chi connectivity index (χ3n) is 8.23. The Bertz CT molecular complexity index is 1140. The molecule has 3 aliphatic rings. The minimum absolute atomic E-state index is 0.00148. The van der Waals surface area contributed by atoms with Crippen LogP contribution >= 0.6 is 0 Å². The van der Waals surface area contributed by atoms with Crippen LogP contribution in [0.25, 0.3) is 0 Å². The van der Waals surface area contributed by atoms with E-state index in [2.05, 4.69) is 15.1 Å². The van der Waals surface area contributed by atoms with E-state index in [-0.39, 0.29) is 37.6 Å². The number of amides is 1. The molecule has 3 fully saturated rings. The number of hydrogen-bond donors (Lipinski definition) is 3. The summed E-state index contributed by atoms with van der Waals surface area (Å²) in [6, 6.07) is 15.8. The Morgan fingerprint density at radius 3 is 2.48 bits per heavy atom. The molecule has 0 aromatic heterocycles. The number of nitrogens with zero attached hydrogens (tertiary/aromatic N) is 2. The Kier molecular flexibility index (Phi) is 9.83. The molecule has 3 N–H and O–H groups in total. The average Bonchev–Trinajstić information content (AvgIpc) is 3.64. The predicted octanol–water partition coefficient (Wildman–Crippen LogP) is 4.09. The van der Waals surface area contributed by atoms with Gasteiger partial charge in [-0.1, -0.05) is 36.4 Å². The molecule has 2 aromatic carbocycles. The summed E-state index contributed by atoms with van der Waals surface area (Å²) in [5.74, 6) is -1.35. The van der Waals surface area contributed by atoms with Crippen molar-refractivity contribution in [1.82, 2.24) is 9.80 Å². The molecule has 9 heteroatoms. The Balaban J connectivity index is 1.31. The fourth-order valence-electron chi connectivity index (χ4n) is 6.11. The molecule has 40 heavy (non-hydrogen) atoms. The van der Waals surface area contributed by atoms with Crippen molar-refractivity contribution in [2.75, 3.05) is 38.0 Å². The highest BCUT2D eigenvalue weighted by molar-refractivity contribution is 5.92. The summed E-state index contributed by atoms with van der Waals surface area (Å²) in [6.07, 6.45) is 4.64. The van der Waals surface area contributed by atoms with Crippen molar-refractivity contribution in [3.63, 3.8) is 0 Å². The Hall–Kier alpha value is -2.82. The van der Waals surface area contributed by atoms with Gasteiger partial charge in [-0.2, -0.15) is 0 Å². The van der Waals surface area contributed by atoms with Crippen molar-refractivity contribution < 1.29 is 29.3 Å². The zero-order valence-electron chi connectivity index (χ0n) is 23.0. The van der Waals surface area contributed by atoms with Crippen LogP contribution in [-0.2, 0) is 25.7 Å². The number of hydrogen-bond acceptors (Lipinski definition) is 7. The van der Waals surface area contributed by atoms with Gasteiger partial charge in [0.05, 0.1) is 25.2 Å². The number of anilines is 1. The first-order valence-corrected chi connectivity index (χ1v) is 14.6. The maximum Gasteiger partial charge on any atom is 0.303 e. The number of likely N-dealkylation sites (tertiary alicyclic amines) is 2. The van der Waals surface area contributed by atoms with Gasteiger partial charge < -0.3 is 29.9 Å². The van der Waals surface area contributed by atoms with Crippen molar-refractivity contribution in [3.05, 3.63) is 65.2 Å². The highest BCUT2D eigenvalue weighted by Gasteiger charge is 2.36. The maximum absolute atomic E-state index is 12.2. The van der Waals surface area contributed by atoms with Gasteiger partial charge in [0.1, 0.15) is 0 Å². The fourth-order valence-corrected chi connectivity index (χ4v) is 6.11. The average molecular weight is 552 g/mol. The molecule has 0 saturated carbocycles. The molecule has 0 unspecified atom stereocenters. The lowest BCUT2D eigenvalue weighted by atomic mass is 9.99. The lowest BCUT2D eigenvalue weighted by molar-refractivity contribution is -0.253. The minimum atomic E-state index is -1.00. The molecule has 3 aliphatic heterocycles. The van der Waals surface area contributed by atoms with Gasteiger partial charge in [0.2, 0.25) is 5.91 Å². The molecule has 0 spiro atoms. The number of aliphatic carboxylic acids is 1. The van der Waals surface area contributed by atoms with Crippen molar-refractivity contribution in [3.8, 4) is 0 Å². The Labute approximate surface area is 236 Å². The van der Waals surface area contributed by atoms with E-state index < -0.39 is 12.3 Å². The third kappa shape index (κ3) is 7.67. The van der Waals surface area contributed by atoms with Crippen molar-refractivity contribution in [1.29, 1.82) is 0 Å². The van der Waals surface area contributed by atoms with Crippen LogP contribution in [-0.4, -0.2) is 76.8 Å². The monoisotopic (exact) mass is 551 g/mol. The smallest absolute Gasteiger partial charge is 0.303 e. The third-order valence-corrected chi connectivity index (χ3v) is 8.23. The summed E-state index contributed by atoms with van der Waals surface area (Å²) in [7, 11) is 0. The van der Waals surface area contributed by atoms with Gasteiger partial charge in [-0.3, -0.25) is 14.5 Å².